The Labute approximate surface area is 96.7 Å². The van der Waals surface area contributed by atoms with E-state index in [1.54, 1.807) is 0 Å². The van der Waals surface area contributed by atoms with Gasteiger partial charge in [-0.3, -0.25) is 0 Å². The Bertz CT molecular complexity index is 442. The number of hydrogen-bond donors (Lipinski definition) is 2. The molecular weight excluding hydrogens is 265 g/mol. The third-order valence-electron chi connectivity index (χ3n) is 1.83. The molecule has 2 N–H and O–H groups in total. The van der Waals surface area contributed by atoms with Crippen LogP contribution in [0.3, 0.4) is 0 Å². The van der Waals surface area contributed by atoms with Gasteiger partial charge in [0.1, 0.15) is 17.7 Å². The molecule has 0 aliphatic heterocycles. The lowest BCUT2D eigenvalue weighted by atomic mass is 10.2. The van der Waals surface area contributed by atoms with Crippen molar-refractivity contribution >= 4 is 11.8 Å². The molecule has 0 saturated carbocycles. The Hall–Kier alpha value is -2.00. The number of aromatic nitrogens is 2. The van der Waals surface area contributed by atoms with Crippen molar-refractivity contribution in [1.82, 2.24) is 9.97 Å². The number of hydrogen-bond acceptors (Lipinski definition) is 4. The van der Waals surface area contributed by atoms with Crippen LogP contribution < -0.4 is 5.32 Å². The van der Waals surface area contributed by atoms with Gasteiger partial charge in [0.25, 0.3) is 0 Å². The summed E-state index contributed by atoms with van der Waals surface area (Å²) in [6.45, 7) is 0. The van der Waals surface area contributed by atoms with Gasteiger partial charge in [0.2, 0.25) is 6.30 Å². The molecule has 0 aliphatic carbocycles. The number of nitrogens with one attached hydrogen (secondary N) is 1. The molecule has 1 heterocycles. The molecule has 1 aromatic rings. The predicted molar refractivity (Wildman–Crippen MR) is 48.5 cm³/mol. The van der Waals surface area contributed by atoms with Crippen molar-refractivity contribution < 1.29 is 31.9 Å². The molecule has 0 bridgehead atoms. The zero-order valence-corrected chi connectivity index (χ0v) is 8.45. The Kier molecular flexibility index (Phi) is 3.99. The molecule has 0 aromatic carbocycles. The average Bonchev–Trinajstić information content (AvgIpc) is 2.29. The molecule has 1 aromatic heterocycles. The van der Waals surface area contributed by atoms with Crippen LogP contribution in [-0.4, -0.2) is 39.7 Å². The van der Waals surface area contributed by atoms with E-state index in [4.69, 9.17) is 5.11 Å². The van der Waals surface area contributed by atoms with E-state index >= 15 is 0 Å². The van der Waals surface area contributed by atoms with Crippen LogP contribution in [0.5, 0.6) is 0 Å². The highest BCUT2D eigenvalue weighted by atomic mass is 19.3. The number of aromatic carboxylic acids is 1. The molecule has 0 saturated heterocycles. The number of nitrogens with zero attached hydrogens (tertiary/aromatic N) is 2. The predicted octanol–water partition coefficient (Wildman–Crippen LogP) is 1.78. The van der Waals surface area contributed by atoms with Crippen molar-refractivity contribution in [2.75, 3.05) is 5.32 Å². The second-order valence-corrected chi connectivity index (χ2v) is 3.07. The van der Waals surface area contributed by atoms with Crippen molar-refractivity contribution in [1.29, 1.82) is 0 Å². The van der Waals surface area contributed by atoms with Crippen molar-refractivity contribution in [3.05, 3.63) is 18.1 Å². The minimum atomic E-state index is -4.97. The Balaban J connectivity index is 2.95. The third-order valence-corrected chi connectivity index (χ3v) is 1.83. The minimum absolute atomic E-state index is 0.713. The summed E-state index contributed by atoms with van der Waals surface area (Å²) in [6, 6.07) is 0. The number of rotatable bonds is 5. The number of carbonyl (C=O) groups is 1. The lowest BCUT2D eigenvalue weighted by molar-refractivity contribution is -0.163. The Morgan fingerprint density at radius 3 is 2.50 bits per heavy atom. The highest BCUT2D eigenvalue weighted by Gasteiger charge is 2.50. The van der Waals surface area contributed by atoms with Crippen molar-refractivity contribution in [3.8, 4) is 0 Å². The quantitative estimate of drug-likeness (QED) is 0.630. The first-order valence-electron chi connectivity index (χ1n) is 4.36. The number of anilines is 1. The number of halogens is 5. The first-order valence-corrected chi connectivity index (χ1v) is 4.36. The van der Waals surface area contributed by atoms with Crippen molar-refractivity contribution in [3.63, 3.8) is 0 Å². The monoisotopic (exact) mass is 271 g/mol. The molecule has 18 heavy (non-hydrogen) atoms. The zero-order valence-electron chi connectivity index (χ0n) is 8.45. The summed E-state index contributed by atoms with van der Waals surface area (Å²) in [5.74, 6) is -7.41. The molecule has 5 nitrogen and oxygen atoms in total. The fourth-order valence-corrected chi connectivity index (χ4v) is 0.928. The summed E-state index contributed by atoms with van der Waals surface area (Å²) in [7, 11) is 0. The van der Waals surface area contributed by atoms with Crippen LogP contribution in [0.1, 0.15) is 10.4 Å². The van der Waals surface area contributed by atoms with Crippen LogP contribution in [0, 0.1) is 0 Å². The van der Waals surface area contributed by atoms with E-state index in [1.807, 2.05) is 0 Å². The van der Waals surface area contributed by atoms with Crippen LogP contribution in [0.2, 0.25) is 0 Å². The molecule has 0 fully saturated rings. The highest BCUT2D eigenvalue weighted by molar-refractivity contribution is 5.92. The minimum Gasteiger partial charge on any atom is -0.477 e. The van der Waals surface area contributed by atoms with Gasteiger partial charge in [0, 0.05) is 6.20 Å². The molecule has 1 atom stereocenters. The van der Waals surface area contributed by atoms with Gasteiger partial charge >= 0.3 is 18.3 Å². The molecule has 100 valence electrons. The molecule has 0 amide bonds. The largest absolute Gasteiger partial charge is 0.477 e. The van der Waals surface area contributed by atoms with Crippen LogP contribution in [0.25, 0.3) is 0 Å². The fourth-order valence-electron chi connectivity index (χ4n) is 0.928. The van der Waals surface area contributed by atoms with Crippen LogP contribution in [0.15, 0.2) is 12.5 Å². The lowest BCUT2D eigenvalue weighted by Crippen LogP contribution is -2.42. The van der Waals surface area contributed by atoms with E-state index in [2.05, 4.69) is 9.97 Å². The number of carboxylic acid groups (broad SMARTS) is 1. The van der Waals surface area contributed by atoms with Gasteiger partial charge in [-0.25, -0.2) is 27.9 Å². The Morgan fingerprint density at radius 1 is 1.39 bits per heavy atom. The molecule has 1 unspecified atom stereocenters. The zero-order chi connectivity index (χ0) is 13.9. The van der Waals surface area contributed by atoms with E-state index in [-0.39, 0.29) is 0 Å². The van der Waals surface area contributed by atoms with Gasteiger partial charge < -0.3 is 10.4 Å². The van der Waals surface area contributed by atoms with Crippen molar-refractivity contribution in [2.24, 2.45) is 0 Å². The summed E-state index contributed by atoms with van der Waals surface area (Å²) in [5.41, 5.74) is -0.717. The van der Waals surface area contributed by atoms with Crippen molar-refractivity contribution in [2.45, 2.75) is 18.6 Å². The summed E-state index contributed by atoms with van der Waals surface area (Å²) >= 11 is 0. The highest BCUT2D eigenvalue weighted by Crippen LogP contribution is 2.30. The normalized spacial score (nSPS) is 13.4. The third kappa shape index (κ3) is 2.81. The standard InChI is InChI=1S/C8H6F5N3O2/c9-6(10)8(12,13)7(11)16-4-3(5(17)18)1-14-2-15-4/h1-2,6-7H,(H,17,18)(H,14,15,16). The SMILES string of the molecule is O=C(O)c1cncnc1NC(F)C(F)(F)C(F)F. The summed E-state index contributed by atoms with van der Waals surface area (Å²) in [6.07, 6.45) is -6.26. The maximum atomic E-state index is 13.0. The first-order chi connectivity index (χ1) is 8.26. The lowest BCUT2D eigenvalue weighted by Gasteiger charge is -2.21. The average molecular weight is 271 g/mol. The molecule has 0 aliphatic rings. The van der Waals surface area contributed by atoms with Crippen LogP contribution >= 0.6 is 0 Å². The molecule has 0 radical (unpaired) electrons. The van der Waals surface area contributed by atoms with E-state index in [0.717, 1.165) is 6.33 Å². The second kappa shape index (κ2) is 5.10. The molecular formula is C8H6F5N3O2. The maximum absolute atomic E-state index is 13.0. The molecule has 1 rings (SSSR count). The summed E-state index contributed by atoms with van der Waals surface area (Å²) in [5, 5.41) is 9.90. The summed E-state index contributed by atoms with van der Waals surface area (Å²) < 4.78 is 61.8. The van der Waals surface area contributed by atoms with E-state index in [1.165, 1.54) is 5.32 Å². The van der Waals surface area contributed by atoms with Crippen LogP contribution in [-0.2, 0) is 0 Å². The van der Waals surface area contributed by atoms with E-state index in [9.17, 15) is 26.7 Å². The smallest absolute Gasteiger partial charge is 0.355 e. The van der Waals surface area contributed by atoms with Gasteiger partial charge in [-0.15, -0.1) is 0 Å². The summed E-state index contributed by atoms with van der Waals surface area (Å²) in [4.78, 5) is 17.1. The Morgan fingerprint density at radius 2 is 2.00 bits per heavy atom. The van der Waals surface area contributed by atoms with Gasteiger partial charge in [-0.1, -0.05) is 0 Å². The van der Waals surface area contributed by atoms with Crippen LogP contribution in [0.4, 0.5) is 27.8 Å². The fraction of sp³-hybridized carbons (Fsp3) is 0.375. The van der Waals surface area contributed by atoms with E-state index < -0.39 is 36.0 Å². The molecule has 0 spiro atoms. The topological polar surface area (TPSA) is 75.1 Å². The number of carboxylic acids is 1. The van der Waals surface area contributed by atoms with Gasteiger partial charge in [0.05, 0.1) is 0 Å². The number of alkyl halides is 5. The van der Waals surface area contributed by atoms with Gasteiger partial charge in [-0.05, 0) is 0 Å². The first kappa shape index (κ1) is 14.1. The van der Waals surface area contributed by atoms with Gasteiger partial charge in [-0.2, -0.15) is 8.78 Å². The van der Waals surface area contributed by atoms with E-state index in [0.29, 0.717) is 6.20 Å². The molecule has 10 heteroatoms. The maximum Gasteiger partial charge on any atom is 0.355 e. The van der Waals surface area contributed by atoms with Gasteiger partial charge in [0.15, 0.2) is 0 Å². The second-order valence-electron chi connectivity index (χ2n) is 3.07.